The van der Waals surface area contributed by atoms with Gasteiger partial charge in [-0.15, -0.1) is 13.2 Å². The van der Waals surface area contributed by atoms with Gasteiger partial charge in [0.2, 0.25) is 0 Å². The normalized spacial score (nSPS) is 11.9. The monoisotopic (exact) mass is 608 g/mol. The molecule has 0 spiro atoms. The molecule has 0 aliphatic rings. The van der Waals surface area contributed by atoms with Crippen LogP contribution >= 0.6 is 46.4 Å². The van der Waals surface area contributed by atoms with Gasteiger partial charge in [0.15, 0.2) is 11.6 Å². The van der Waals surface area contributed by atoms with Crippen molar-refractivity contribution < 1.29 is 9.59 Å². The van der Waals surface area contributed by atoms with Crippen LogP contribution in [-0.4, -0.2) is 11.6 Å². The quantitative estimate of drug-likeness (QED) is 0.132. The fourth-order valence-electron chi connectivity index (χ4n) is 4.20. The van der Waals surface area contributed by atoms with Gasteiger partial charge in [-0.2, -0.15) is 0 Å². The SMILES string of the molecule is C=CC[C@@H](C(=O)c1ccc(Cl)cc1)c1cccc(Cl)c1.C=CC[C@H](C(=O)c1ccc(Cl)cc1)c1cccc(Cl)c1. The van der Waals surface area contributed by atoms with E-state index in [4.69, 9.17) is 46.4 Å². The first-order valence-corrected chi connectivity index (χ1v) is 14.1. The molecule has 2 nitrogen and oxygen atoms in total. The number of carbonyl (C=O) groups is 2. The van der Waals surface area contributed by atoms with Crippen LogP contribution < -0.4 is 0 Å². The summed E-state index contributed by atoms with van der Waals surface area (Å²) in [7, 11) is 0. The Kier molecular flexibility index (Phi) is 12.2. The van der Waals surface area contributed by atoms with Crippen molar-refractivity contribution in [1.82, 2.24) is 0 Å². The summed E-state index contributed by atoms with van der Waals surface area (Å²) in [5.74, 6) is -0.451. The van der Waals surface area contributed by atoms with Crippen molar-refractivity contribution in [1.29, 1.82) is 0 Å². The van der Waals surface area contributed by atoms with Crippen molar-refractivity contribution in [3.63, 3.8) is 0 Å². The molecule has 2 atom stereocenters. The van der Waals surface area contributed by atoms with Crippen molar-refractivity contribution >= 4 is 58.0 Å². The summed E-state index contributed by atoms with van der Waals surface area (Å²) >= 11 is 23.7. The summed E-state index contributed by atoms with van der Waals surface area (Å²) in [6.07, 6.45) is 4.64. The number of halogens is 4. The second-order valence-corrected chi connectivity index (χ2v) is 10.8. The fraction of sp³-hybridized carbons (Fsp3) is 0.118. The molecule has 0 fully saturated rings. The van der Waals surface area contributed by atoms with Crippen LogP contribution in [-0.2, 0) is 0 Å². The summed E-state index contributed by atoms with van der Waals surface area (Å²) in [5, 5.41) is 2.48. The number of benzene rings is 4. The van der Waals surface area contributed by atoms with Crippen LogP contribution in [0.4, 0.5) is 0 Å². The van der Waals surface area contributed by atoms with E-state index in [1.165, 1.54) is 0 Å². The minimum absolute atomic E-state index is 0.0452. The Bertz CT molecular complexity index is 1350. The number of ketones is 2. The smallest absolute Gasteiger partial charge is 0.170 e. The van der Waals surface area contributed by atoms with Crippen LogP contribution in [0, 0.1) is 0 Å². The molecule has 0 heterocycles. The lowest BCUT2D eigenvalue weighted by Gasteiger charge is -2.15. The molecule has 4 aromatic carbocycles. The Hall–Kier alpha value is -3.14. The van der Waals surface area contributed by atoms with Gasteiger partial charge in [0.25, 0.3) is 0 Å². The van der Waals surface area contributed by atoms with Gasteiger partial charge < -0.3 is 0 Å². The maximum atomic E-state index is 12.6. The third kappa shape index (κ3) is 8.94. The topological polar surface area (TPSA) is 34.1 Å². The second-order valence-electron chi connectivity index (χ2n) is 9.01. The van der Waals surface area contributed by atoms with Crippen molar-refractivity contribution in [3.05, 3.63) is 165 Å². The van der Waals surface area contributed by atoms with Crippen LogP contribution in [0.3, 0.4) is 0 Å². The first kappa shape index (κ1) is 31.4. The molecule has 204 valence electrons. The molecule has 0 aliphatic heterocycles. The van der Waals surface area contributed by atoms with Crippen LogP contribution in [0.5, 0.6) is 0 Å². The number of hydrogen-bond acceptors (Lipinski definition) is 2. The Morgan fingerprint density at radius 3 is 1.20 bits per heavy atom. The molecule has 0 aliphatic carbocycles. The number of allylic oxidation sites excluding steroid dienone is 2. The van der Waals surface area contributed by atoms with Crippen LogP contribution in [0.25, 0.3) is 0 Å². The highest BCUT2D eigenvalue weighted by Gasteiger charge is 2.22. The zero-order valence-electron chi connectivity index (χ0n) is 21.7. The standard InChI is InChI=1S/2C17H14Cl2O/c2*1-2-4-16(13-5-3-6-15(19)11-13)17(20)12-7-9-14(18)10-8-12/h2*2-3,5-11,16H,1,4H2/t2*16-/m10/s1. The Morgan fingerprint density at radius 1 is 0.550 bits per heavy atom. The van der Waals surface area contributed by atoms with Crippen molar-refractivity contribution in [3.8, 4) is 0 Å². The Balaban J connectivity index is 0.000000220. The minimum atomic E-state index is -0.271. The number of rotatable bonds is 10. The molecule has 40 heavy (non-hydrogen) atoms. The van der Waals surface area contributed by atoms with Gasteiger partial charge in [-0.05, 0) is 96.8 Å². The van der Waals surface area contributed by atoms with Gasteiger partial charge in [-0.3, -0.25) is 9.59 Å². The number of Topliss-reactive ketones (excluding diaryl/α,β-unsaturated/α-hetero) is 2. The lowest BCUT2D eigenvalue weighted by atomic mass is 9.88. The van der Waals surface area contributed by atoms with E-state index in [0.717, 1.165) is 11.1 Å². The average molecular weight is 610 g/mol. The van der Waals surface area contributed by atoms with Crippen LogP contribution in [0.1, 0.15) is 56.5 Å². The molecule has 4 aromatic rings. The number of hydrogen-bond donors (Lipinski definition) is 0. The van der Waals surface area contributed by atoms with Crippen molar-refractivity contribution in [2.75, 3.05) is 0 Å². The van der Waals surface area contributed by atoms with E-state index in [9.17, 15) is 9.59 Å². The fourth-order valence-corrected chi connectivity index (χ4v) is 4.85. The van der Waals surface area contributed by atoms with Crippen molar-refractivity contribution in [2.24, 2.45) is 0 Å². The van der Waals surface area contributed by atoms with Gasteiger partial charge in [0.1, 0.15) is 0 Å². The van der Waals surface area contributed by atoms with E-state index in [-0.39, 0.29) is 23.4 Å². The van der Waals surface area contributed by atoms with Crippen LogP contribution in [0.2, 0.25) is 20.1 Å². The highest BCUT2D eigenvalue weighted by atomic mass is 35.5. The van der Waals surface area contributed by atoms with Gasteiger partial charge in [-0.25, -0.2) is 0 Å². The third-order valence-corrected chi connectivity index (χ3v) is 7.17. The first-order chi connectivity index (χ1) is 19.2. The molecule has 0 N–H and O–H groups in total. The zero-order chi connectivity index (χ0) is 29.1. The zero-order valence-corrected chi connectivity index (χ0v) is 24.7. The summed E-state index contributed by atoms with van der Waals surface area (Å²) in [5.41, 5.74) is 3.08. The maximum absolute atomic E-state index is 12.6. The van der Waals surface area contributed by atoms with Gasteiger partial charge >= 0.3 is 0 Å². The summed E-state index contributed by atoms with van der Waals surface area (Å²) in [4.78, 5) is 25.2. The molecular weight excluding hydrogens is 582 g/mol. The van der Waals surface area contributed by atoms with Gasteiger partial charge in [0, 0.05) is 31.2 Å². The molecule has 6 heteroatoms. The van der Waals surface area contributed by atoms with E-state index in [0.29, 0.717) is 44.1 Å². The predicted octanol–water partition coefficient (Wildman–Crippen LogP) is 11.1. The van der Waals surface area contributed by atoms with E-state index < -0.39 is 0 Å². The molecule has 4 rings (SSSR count). The van der Waals surface area contributed by atoms with Crippen LogP contribution in [0.15, 0.2) is 122 Å². The highest BCUT2D eigenvalue weighted by Crippen LogP contribution is 2.29. The first-order valence-electron chi connectivity index (χ1n) is 12.6. The molecule has 0 saturated heterocycles. The Morgan fingerprint density at radius 2 is 0.900 bits per heavy atom. The van der Waals surface area contributed by atoms with E-state index in [1.54, 1.807) is 72.8 Å². The summed E-state index contributed by atoms with van der Waals surface area (Å²) in [6.45, 7) is 7.46. The van der Waals surface area contributed by atoms with Gasteiger partial charge in [0.05, 0.1) is 11.8 Å². The molecule has 0 unspecified atom stereocenters. The minimum Gasteiger partial charge on any atom is -0.293 e. The molecule has 0 radical (unpaired) electrons. The molecular formula is C34H28Cl4O2. The lowest BCUT2D eigenvalue weighted by Crippen LogP contribution is -2.12. The predicted molar refractivity (Wildman–Crippen MR) is 170 cm³/mol. The highest BCUT2D eigenvalue weighted by molar-refractivity contribution is 6.31. The molecule has 0 saturated carbocycles. The maximum Gasteiger partial charge on any atom is 0.170 e. The van der Waals surface area contributed by atoms with E-state index in [1.807, 2.05) is 36.4 Å². The molecule has 0 aromatic heterocycles. The molecule has 0 amide bonds. The summed E-state index contributed by atoms with van der Waals surface area (Å²) in [6, 6.07) is 28.6. The third-order valence-electron chi connectivity index (χ3n) is 6.20. The van der Waals surface area contributed by atoms with Gasteiger partial charge in [-0.1, -0.05) is 82.8 Å². The Labute approximate surface area is 255 Å². The largest absolute Gasteiger partial charge is 0.293 e. The average Bonchev–Trinajstić information content (AvgIpc) is 2.95. The van der Waals surface area contributed by atoms with Crippen molar-refractivity contribution in [2.45, 2.75) is 24.7 Å². The van der Waals surface area contributed by atoms with E-state index in [2.05, 4.69) is 13.2 Å². The van der Waals surface area contributed by atoms with E-state index >= 15 is 0 Å². The lowest BCUT2D eigenvalue weighted by molar-refractivity contribution is 0.0952. The molecule has 0 bridgehead atoms. The number of carbonyl (C=O) groups excluding carboxylic acids is 2. The summed E-state index contributed by atoms with van der Waals surface area (Å²) < 4.78 is 0. The second kappa shape index (κ2) is 15.6.